The Bertz CT molecular complexity index is 730. The van der Waals surface area contributed by atoms with Gasteiger partial charge < -0.3 is 0 Å². The van der Waals surface area contributed by atoms with E-state index in [-0.39, 0.29) is 12.4 Å². The van der Waals surface area contributed by atoms with Gasteiger partial charge in [0.05, 0.1) is 6.54 Å². The smallest absolute Gasteiger partial charge is 0.246 e. The van der Waals surface area contributed by atoms with Crippen LogP contribution in [0.25, 0.3) is 0 Å². The Hall–Kier alpha value is -1.87. The predicted molar refractivity (Wildman–Crippen MR) is 66.1 cm³/mol. The highest BCUT2D eigenvalue weighted by Gasteiger charge is 2.26. The van der Waals surface area contributed by atoms with Gasteiger partial charge in [-0.3, -0.25) is 5.10 Å². The van der Waals surface area contributed by atoms with Crippen molar-refractivity contribution in [1.82, 2.24) is 19.5 Å². The Morgan fingerprint density at radius 2 is 2.05 bits per heavy atom. The number of hydrogen-bond acceptors (Lipinski definition) is 4. The van der Waals surface area contributed by atoms with Gasteiger partial charge in [0.1, 0.15) is 22.4 Å². The number of aryl methyl sites for hydroxylation is 1. The maximum absolute atomic E-state index is 13.6. The van der Waals surface area contributed by atoms with E-state index >= 15 is 0 Å². The Balaban J connectivity index is 2.32. The zero-order valence-electron chi connectivity index (χ0n) is 10.8. The SMILES string of the molecule is Cc1nc(CN(C)S(=O)(=O)c2cc(F)ccc2F)n[nH]1. The first-order valence-corrected chi connectivity index (χ1v) is 7.04. The van der Waals surface area contributed by atoms with Crippen molar-refractivity contribution in [2.45, 2.75) is 18.4 Å². The number of aromatic amines is 1. The minimum atomic E-state index is -4.16. The summed E-state index contributed by atoms with van der Waals surface area (Å²) in [6.07, 6.45) is 0. The molecule has 0 amide bonds. The van der Waals surface area contributed by atoms with Gasteiger partial charge in [-0.1, -0.05) is 0 Å². The zero-order chi connectivity index (χ0) is 14.9. The molecule has 2 aromatic rings. The van der Waals surface area contributed by atoms with Crippen LogP contribution in [0.1, 0.15) is 11.6 Å². The van der Waals surface area contributed by atoms with E-state index in [4.69, 9.17) is 0 Å². The first-order chi connectivity index (χ1) is 9.30. The molecule has 0 radical (unpaired) electrons. The number of sulfonamides is 1. The van der Waals surface area contributed by atoms with Gasteiger partial charge in [-0.05, 0) is 25.1 Å². The molecule has 0 fully saturated rings. The normalized spacial score (nSPS) is 12.1. The van der Waals surface area contributed by atoms with E-state index in [1.165, 1.54) is 7.05 Å². The molecule has 0 saturated heterocycles. The van der Waals surface area contributed by atoms with Gasteiger partial charge >= 0.3 is 0 Å². The molecule has 0 unspecified atom stereocenters. The number of hydrogen-bond donors (Lipinski definition) is 1. The van der Waals surface area contributed by atoms with Gasteiger partial charge in [0, 0.05) is 7.05 Å². The number of H-pyrrole nitrogens is 1. The highest BCUT2D eigenvalue weighted by molar-refractivity contribution is 7.89. The van der Waals surface area contributed by atoms with Gasteiger partial charge in [0.15, 0.2) is 5.82 Å². The molecule has 0 spiro atoms. The van der Waals surface area contributed by atoms with Gasteiger partial charge in [0.25, 0.3) is 0 Å². The van der Waals surface area contributed by atoms with E-state index in [1.54, 1.807) is 6.92 Å². The van der Waals surface area contributed by atoms with Gasteiger partial charge in [-0.2, -0.15) is 9.40 Å². The quantitative estimate of drug-likeness (QED) is 0.921. The molecule has 0 aliphatic carbocycles. The van der Waals surface area contributed by atoms with Crippen LogP contribution in [0.5, 0.6) is 0 Å². The fraction of sp³-hybridized carbons (Fsp3) is 0.273. The first-order valence-electron chi connectivity index (χ1n) is 5.60. The summed E-state index contributed by atoms with van der Waals surface area (Å²) in [5.74, 6) is -1.07. The van der Waals surface area contributed by atoms with Gasteiger partial charge in [-0.15, -0.1) is 0 Å². The molecule has 20 heavy (non-hydrogen) atoms. The van der Waals surface area contributed by atoms with Crippen molar-refractivity contribution >= 4 is 10.0 Å². The third-order valence-electron chi connectivity index (χ3n) is 2.59. The number of nitrogens with zero attached hydrogens (tertiary/aromatic N) is 3. The Morgan fingerprint density at radius 1 is 1.35 bits per heavy atom. The summed E-state index contributed by atoms with van der Waals surface area (Å²) < 4.78 is 51.8. The van der Waals surface area contributed by atoms with Crippen molar-refractivity contribution in [2.24, 2.45) is 0 Å². The van der Waals surface area contributed by atoms with Crippen LogP contribution in [0.15, 0.2) is 23.1 Å². The van der Waals surface area contributed by atoms with Gasteiger partial charge in [-0.25, -0.2) is 22.2 Å². The standard InChI is InChI=1S/C11H12F2N4O2S/c1-7-14-11(16-15-7)6-17(2)20(18,19)10-5-8(12)3-4-9(10)13/h3-5H,6H2,1-2H3,(H,14,15,16). The summed E-state index contributed by atoms with van der Waals surface area (Å²) in [7, 11) is -2.92. The summed E-state index contributed by atoms with van der Waals surface area (Å²) in [5, 5.41) is 6.36. The molecule has 0 aliphatic rings. The highest BCUT2D eigenvalue weighted by Crippen LogP contribution is 2.20. The molecule has 0 atom stereocenters. The van der Waals surface area contributed by atoms with E-state index in [9.17, 15) is 17.2 Å². The number of benzene rings is 1. The van der Waals surface area contributed by atoms with E-state index < -0.39 is 26.6 Å². The van der Waals surface area contributed by atoms with Gasteiger partial charge in [0.2, 0.25) is 10.0 Å². The lowest BCUT2D eigenvalue weighted by atomic mass is 10.3. The summed E-state index contributed by atoms with van der Waals surface area (Å²) in [4.78, 5) is 3.24. The van der Waals surface area contributed by atoms with Crippen LogP contribution in [0.2, 0.25) is 0 Å². The van der Waals surface area contributed by atoms with Crippen LogP contribution in [0.4, 0.5) is 8.78 Å². The highest BCUT2D eigenvalue weighted by atomic mass is 32.2. The van der Waals surface area contributed by atoms with E-state index in [0.29, 0.717) is 11.9 Å². The Labute approximate surface area is 114 Å². The van der Waals surface area contributed by atoms with Crippen LogP contribution in [-0.2, 0) is 16.6 Å². The van der Waals surface area contributed by atoms with Crippen LogP contribution in [0, 0.1) is 18.6 Å². The lowest BCUT2D eigenvalue weighted by molar-refractivity contribution is 0.449. The molecule has 108 valence electrons. The molecule has 1 aromatic heterocycles. The van der Waals surface area contributed by atoms with E-state index in [0.717, 1.165) is 16.4 Å². The van der Waals surface area contributed by atoms with Crippen molar-refractivity contribution in [1.29, 1.82) is 0 Å². The maximum atomic E-state index is 13.6. The molecule has 0 aliphatic heterocycles. The minimum absolute atomic E-state index is 0.150. The minimum Gasteiger partial charge on any atom is -0.263 e. The van der Waals surface area contributed by atoms with Crippen LogP contribution in [-0.4, -0.2) is 35.0 Å². The number of rotatable bonds is 4. The van der Waals surface area contributed by atoms with Crippen molar-refractivity contribution in [3.8, 4) is 0 Å². The number of halogens is 2. The molecule has 9 heteroatoms. The number of nitrogens with one attached hydrogen (secondary N) is 1. The van der Waals surface area contributed by atoms with Crippen molar-refractivity contribution in [3.63, 3.8) is 0 Å². The second kappa shape index (κ2) is 5.25. The molecule has 2 rings (SSSR count). The predicted octanol–water partition coefficient (Wildman–Crippen LogP) is 1.21. The van der Waals surface area contributed by atoms with Crippen LogP contribution < -0.4 is 0 Å². The molecule has 1 heterocycles. The third-order valence-corrected chi connectivity index (χ3v) is 4.41. The zero-order valence-corrected chi connectivity index (χ0v) is 11.6. The second-order valence-corrected chi connectivity index (χ2v) is 6.19. The first kappa shape index (κ1) is 14.5. The van der Waals surface area contributed by atoms with Crippen LogP contribution in [0.3, 0.4) is 0 Å². The third kappa shape index (κ3) is 2.83. The molecular weight excluding hydrogens is 290 g/mol. The Morgan fingerprint density at radius 3 is 2.65 bits per heavy atom. The fourth-order valence-corrected chi connectivity index (χ4v) is 2.78. The topological polar surface area (TPSA) is 79.0 Å². The van der Waals surface area contributed by atoms with Crippen molar-refractivity contribution < 1.29 is 17.2 Å². The lowest BCUT2D eigenvalue weighted by Gasteiger charge is -2.15. The Kier molecular flexibility index (Phi) is 3.82. The summed E-state index contributed by atoms with van der Waals surface area (Å²) in [5.41, 5.74) is 0. The summed E-state index contributed by atoms with van der Waals surface area (Å²) >= 11 is 0. The summed E-state index contributed by atoms with van der Waals surface area (Å²) in [6, 6.07) is 2.27. The average Bonchev–Trinajstić information content (AvgIpc) is 2.77. The second-order valence-electron chi connectivity index (χ2n) is 4.17. The molecule has 1 N–H and O–H groups in total. The fourth-order valence-electron chi connectivity index (χ4n) is 1.59. The maximum Gasteiger partial charge on any atom is 0.246 e. The van der Waals surface area contributed by atoms with E-state index in [2.05, 4.69) is 15.2 Å². The molecular formula is C11H12F2N4O2S. The van der Waals surface area contributed by atoms with Crippen molar-refractivity contribution in [3.05, 3.63) is 41.5 Å². The monoisotopic (exact) mass is 302 g/mol. The average molecular weight is 302 g/mol. The molecule has 6 nitrogen and oxygen atoms in total. The summed E-state index contributed by atoms with van der Waals surface area (Å²) in [6.45, 7) is 1.51. The van der Waals surface area contributed by atoms with Crippen LogP contribution >= 0.6 is 0 Å². The molecule has 1 aromatic carbocycles. The molecule has 0 saturated carbocycles. The van der Waals surface area contributed by atoms with Crippen molar-refractivity contribution in [2.75, 3.05) is 7.05 Å². The number of aromatic nitrogens is 3. The molecule has 0 bridgehead atoms. The lowest BCUT2D eigenvalue weighted by Crippen LogP contribution is -2.28. The van der Waals surface area contributed by atoms with E-state index in [1.807, 2.05) is 0 Å². The largest absolute Gasteiger partial charge is 0.263 e.